The van der Waals surface area contributed by atoms with E-state index in [2.05, 4.69) is 5.32 Å². The van der Waals surface area contributed by atoms with Gasteiger partial charge in [0.25, 0.3) is 0 Å². The Bertz CT molecular complexity index is 593. The van der Waals surface area contributed by atoms with Gasteiger partial charge in [0.05, 0.1) is 16.9 Å². The normalized spacial score (nSPS) is 11.4. The van der Waals surface area contributed by atoms with Crippen LogP contribution in [0.5, 0.6) is 0 Å². The molecule has 6 heteroatoms. The van der Waals surface area contributed by atoms with E-state index in [0.717, 1.165) is 12.1 Å². The van der Waals surface area contributed by atoms with Gasteiger partial charge in [-0.2, -0.15) is 13.2 Å². The first-order valence-electron chi connectivity index (χ1n) is 5.36. The predicted octanol–water partition coefficient (Wildman–Crippen LogP) is 4.17. The third kappa shape index (κ3) is 2.96. The smallest absolute Gasteiger partial charge is 0.399 e. The van der Waals surface area contributed by atoms with Gasteiger partial charge in [-0.3, -0.25) is 0 Å². The number of nitrogens with two attached hydrogens (primary N) is 1. The number of rotatable bonds is 2. The summed E-state index contributed by atoms with van der Waals surface area (Å²) >= 11 is 0. The molecule has 2 aromatic rings. The second-order valence-corrected chi connectivity index (χ2v) is 3.91. The SMILES string of the molecule is Nc1ccc(Nc2ccccc2C(F)(F)F)c(F)c1. The summed E-state index contributed by atoms with van der Waals surface area (Å²) in [6.07, 6.45) is -4.51. The molecule has 0 fully saturated rings. The molecule has 2 nitrogen and oxygen atoms in total. The standard InChI is InChI=1S/C13H10F4N2/c14-10-7-8(18)5-6-12(10)19-11-4-2-1-3-9(11)13(15,16)17/h1-7,19H,18H2. The van der Waals surface area contributed by atoms with Gasteiger partial charge in [0, 0.05) is 5.69 Å². The van der Waals surface area contributed by atoms with Crippen LogP contribution >= 0.6 is 0 Å². The van der Waals surface area contributed by atoms with Crippen LogP contribution in [0.2, 0.25) is 0 Å². The van der Waals surface area contributed by atoms with Crippen LogP contribution in [0.3, 0.4) is 0 Å². The fourth-order valence-corrected chi connectivity index (χ4v) is 1.62. The van der Waals surface area contributed by atoms with Gasteiger partial charge in [0.15, 0.2) is 0 Å². The minimum atomic E-state index is -4.51. The molecule has 19 heavy (non-hydrogen) atoms. The van der Waals surface area contributed by atoms with E-state index in [-0.39, 0.29) is 17.1 Å². The van der Waals surface area contributed by atoms with E-state index < -0.39 is 17.6 Å². The maximum Gasteiger partial charge on any atom is 0.418 e. The van der Waals surface area contributed by atoms with Gasteiger partial charge < -0.3 is 11.1 Å². The Labute approximate surface area is 106 Å². The number of nitrogens with one attached hydrogen (secondary N) is 1. The molecule has 0 heterocycles. The Hall–Kier alpha value is -2.24. The van der Waals surface area contributed by atoms with Crippen molar-refractivity contribution in [2.24, 2.45) is 0 Å². The summed E-state index contributed by atoms with van der Waals surface area (Å²) in [7, 11) is 0. The molecule has 0 unspecified atom stereocenters. The predicted molar refractivity (Wildman–Crippen MR) is 65.5 cm³/mol. The maximum atomic E-state index is 13.5. The van der Waals surface area contributed by atoms with Gasteiger partial charge in [-0.05, 0) is 30.3 Å². The molecule has 0 atom stereocenters. The molecule has 2 aromatic carbocycles. The van der Waals surface area contributed by atoms with Gasteiger partial charge >= 0.3 is 6.18 Å². The van der Waals surface area contributed by atoms with Gasteiger partial charge in [0.1, 0.15) is 5.82 Å². The number of anilines is 3. The summed E-state index contributed by atoms with van der Waals surface area (Å²) in [4.78, 5) is 0. The average molecular weight is 270 g/mol. The lowest BCUT2D eigenvalue weighted by Gasteiger charge is -2.14. The second kappa shape index (κ2) is 4.79. The number of hydrogen-bond acceptors (Lipinski definition) is 2. The maximum absolute atomic E-state index is 13.5. The molecule has 0 aromatic heterocycles. The van der Waals surface area contributed by atoms with Crippen molar-refractivity contribution in [3.63, 3.8) is 0 Å². The number of alkyl halides is 3. The van der Waals surface area contributed by atoms with Crippen LogP contribution in [0.25, 0.3) is 0 Å². The van der Waals surface area contributed by atoms with Crippen molar-refractivity contribution >= 4 is 17.1 Å². The first-order chi connectivity index (χ1) is 8.88. The van der Waals surface area contributed by atoms with Crippen LogP contribution in [-0.2, 0) is 6.18 Å². The number of nitrogen functional groups attached to an aromatic ring is 1. The highest BCUT2D eigenvalue weighted by atomic mass is 19.4. The summed E-state index contributed by atoms with van der Waals surface area (Å²) in [5.74, 6) is -0.711. The second-order valence-electron chi connectivity index (χ2n) is 3.91. The molecule has 0 aliphatic rings. The quantitative estimate of drug-likeness (QED) is 0.635. The van der Waals surface area contributed by atoms with Crippen LogP contribution in [0.15, 0.2) is 42.5 Å². The van der Waals surface area contributed by atoms with Gasteiger partial charge in [-0.15, -0.1) is 0 Å². The van der Waals surface area contributed by atoms with E-state index in [1.807, 2.05) is 0 Å². The molecule has 2 rings (SSSR count). The minimum Gasteiger partial charge on any atom is -0.399 e. The largest absolute Gasteiger partial charge is 0.418 e. The highest BCUT2D eigenvalue weighted by molar-refractivity contribution is 5.65. The molecule has 3 N–H and O–H groups in total. The highest BCUT2D eigenvalue weighted by Crippen LogP contribution is 2.36. The number of hydrogen-bond donors (Lipinski definition) is 2. The van der Waals surface area contributed by atoms with Crippen molar-refractivity contribution < 1.29 is 17.6 Å². The number of para-hydroxylation sites is 1. The summed E-state index contributed by atoms with van der Waals surface area (Å²) in [6, 6.07) is 8.61. The lowest BCUT2D eigenvalue weighted by atomic mass is 10.1. The summed E-state index contributed by atoms with van der Waals surface area (Å²) in [5.41, 5.74) is 4.44. The van der Waals surface area contributed by atoms with Crippen molar-refractivity contribution in [1.29, 1.82) is 0 Å². The summed E-state index contributed by atoms with van der Waals surface area (Å²) in [6.45, 7) is 0. The molecular formula is C13H10F4N2. The van der Waals surface area contributed by atoms with E-state index in [1.54, 1.807) is 0 Å². The Morgan fingerprint density at radius 2 is 1.63 bits per heavy atom. The van der Waals surface area contributed by atoms with Crippen molar-refractivity contribution in [2.45, 2.75) is 6.18 Å². The zero-order valence-corrected chi connectivity index (χ0v) is 9.63. The van der Waals surface area contributed by atoms with Crippen molar-refractivity contribution in [3.8, 4) is 0 Å². The molecule has 0 aliphatic heterocycles. The van der Waals surface area contributed by atoms with Gasteiger partial charge in [-0.25, -0.2) is 4.39 Å². The van der Waals surface area contributed by atoms with E-state index in [4.69, 9.17) is 5.73 Å². The van der Waals surface area contributed by atoms with Crippen molar-refractivity contribution in [1.82, 2.24) is 0 Å². The van der Waals surface area contributed by atoms with Gasteiger partial charge in [-0.1, -0.05) is 12.1 Å². The molecule has 0 amide bonds. The summed E-state index contributed by atoms with van der Waals surface area (Å²) in [5, 5.41) is 2.42. The third-order valence-electron chi connectivity index (χ3n) is 2.49. The van der Waals surface area contributed by atoms with Crippen LogP contribution in [0.4, 0.5) is 34.6 Å². The summed E-state index contributed by atoms with van der Waals surface area (Å²) < 4.78 is 51.8. The van der Waals surface area contributed by atoms with Crippen LogP contribution < -0.4 is 11.1 Å². The molecular weight excluding hydrogens is 260 g/mol. The van der Waals surface area contributed by atoms with Crippen molar-refractivity contribution in [3.05, 3.63) is 53.8 Å². The van der Waals surface area contributed by atoms with E-state index >= 15 is 0 Å². The molecule has 100 valence electrons. The zero-order valence-electron chi connectivity index (χ0n) is 9.63. The fraction of sp³-hybridized carbons (Fsp3) is 0.0769. The molecule has 0 spiro atoms. The average Bonchev–Trinajstić information content (AvgIpc) is 2.32. The number of halogens is 4. The third-order valence-corrected chi connectivity index (χ3v) is 2.49. The Morgan fingerprint density at radius 1 is 0.947 bits per heavy atom. The molecule has 0 radical (unpaired) electrons. The Balaban J connectivity index is 2.39. The first kappa shape index (κ1) is 13.2. The Morgan fingerprint density at radius 3 is 2.26 bits per heavy atom. The highest BCUT2D eigenvalue weighted by Gasteiger charge is 2.33. The Kier molecular flexibility index (Phi) is 3.33. The van der Waals surface area contributed by atoms with E-state index in [1.165, 1.54) is 30.3 Å². The fourth-order valence-electron chi connectivity index (χ4n) is 1.62. The van der Waals surface area contributed by atoms with E-state index in [0.29, 0.717) is 0 Å². The molecule has 0 bridgehead atoms. The minimum absolute atomic E-state index is 0.0640. The lowest BCUT2D eigenvalue weighted by Crippen LogP contribution is -2.09. The first-order valence-corrected chi connectivity index (χ1v) is 5.36. The van der Waals surface area contributed by atoms with E-state index in [9.17, 15) is 17.6 Å². The molecule has 0 saturated carbocycles. The zero-order chi connectivity index (χ0) is 14.0. The monoisotopic (exact) mass is 270 g/mol. The number of benzene rings is 2. The molecule has 0 aliphatic carbocycles. The topological polar surface area (TPSA) is 38.0 Å². The van der Waals surface area contributed by atoms with Crippen LogP contribution in [0, 0.1) is 5.82 Å². The van der Waals surface area contributed by atoms with Gasteiger partial charge in [0.2, 0.25) is 0 Å². The van der Waals surface area contributed by atoms with Crippen molar-refractivity contribution in [2.75, 3.05) is 11.1 Å². The lowest BCUT2D eigenvalue weighted by molar-refractivity contribution is -0.136. The van der Waals surface area contributed by atoms with Crippen LogP contribution in [0.1, 0.15) is 5.56 Å². The molecule has 0 saturated heterocycles. The van der Waals surface area contributed by atoms with Crippen LogP contribution in [-0.4, -0.2) is 0 Å².